The molecule has 31 heavy (non-hydrogen) atoms. The minimum Gasteiger partial charge on any atom is -0.507 e. The van der Waals surface area contributed by atoms with E-state index in [1.807, 2.05) is 13.8 Å². The minimum atomic E-state index is -1.07. The number of para-hydroxylation sites is 1. The molecular formula is C23H37N3O5. The van der Waals surface area contributed by atoms with Gasteiger partial charge >= 0.3 is 6.09 Å². The second-order valence-corrected chi connectivity index (χ2v) is 9.29. The highest BCUT2D eigenvalue weighted by Gasteiger charge is 2.37. The third-order valence-corrected chi connectivity index (χ3v) is 4.44. The van der Waals surface area contributed by atoms with Crippen LogP contribution in [0.4, 0.5) is 4.79 Å². The number of hydrogen-bond donors (Lipinski definition) is 3. The molecule has 0 fully saturated rings. The van der Waals surface area contributed by atoms with Gasteiger partial charge in [-0.1, -0.05) is 18.2 Å². The number of carbonyl (C=O) groups excluding carboxylic acids is 3. The van der Waals surface area contributed by atoms with E-state index in [1.165, 1.54) is 11.8 Å². The molecule has 0 saturated carbocycles. The summed E-state index contributed by atoms with van der Waals surface area (Å²) in [5, 5.41) is 16.0. The molecule has 0 radical (unpaired) electrons. The van der Waals surface area contributed by atoms with Crippen LogP contribution in [0.1, 0.15) is 72.6 Å². The summed E-state index contributed by atoms with van der Waals surface area (Å²) in [6.07, 6.45) is -0.723. The van der Waals surface area contributed by atoms with Crippen molar-refractivity contribution in [3.8, 4) is 5.75 Å². The Morgan fingerprint density at radius 3 is 2.10 bits per heavy atom. The van der Waals surface area contributed by atoms with Gasteiger partial charge in [-0.3, -0.25) is 9.59 Å². The van der Waals surface area contributed by atoms with Crippen LogP contribution < -0.4 is 10.6 Å². The Balaban J connectivity index is 3.36. The summed E-state index contributed by atoms with van der Waals surface area (Å²) in [5.74, 6) is -0.925. The zero-order valence-corrected chi connectivity index (χ0v) is 20.1. The molecule has 1 aromatic carbocycles. The lowest BCUT2D eigenvalue weighted by atomic mass is 9.98. The van der Waals surface area contributed by atoms with Crippen molar-refractivity contribution in [3.63, 3.8) is 0 Å². The first-order valence-corrected chi connectivity index (χ1v) is 10.6. The second kappa shape index (κ2) is 10.5. The van der Waals surface area contributed by atoms with Gasteiger partial charge in [-0.2, -0.15) is 0 Å². The molecule has 3 amide bonds. The van der Waals surface area contributed by atoms with Crippen molar-refractivity contribution in [2.24, 2.45) is 0 Å². The van der Waals surface area contributed by atoms with Crippen LogP contribution in [0.5, 0.6) is 5.75 Å². The zero-order chi connectivity index (χ0) is 24.1. The lowest BCUT2D eigenvalue weighted by Gasteiger charge is -2.37. The lowest BCUT2D eigenvalue weighted by Crippen LogP contribution is -2.54. The number of phenols is 1. The summed E-state index contributed by atoms with van der Waals surface area (Å²) in [6.45, 7) is 15.6. The zero-order valence-electron chi connectivity index (χ0n) is 20.1. The van der Waals surface area contributed by atoms with E-state index < -0.39 is 41.6 Å². The number of rotatable bonds is 7. The monoisotopic (exact) mass is 435 g/mol. The third kappa shape index (κ3) is 7.45. The van der Waals surface area contributed by atoms with Gasteiger partial charge in [-0.25, -0.2) is 4.79 Å². The van der Waals surface area contributed by atoms with Crippen molar-refractivity contribution in [1.29, 1.82) is 0 Å². The number of hydrogen-bond acceptors (Lipinski definition) is 5. The first-order valence-electron chi connectivity index (χ1n) is 10.6. The molecule has 8 nitrogen and oxygen atoms in total. The normalized spacial score (nSPS) is 13.5. The summed E-state index contributed by atoms with van der Waals surface area (Å²) in [7, 11) is 0. The van der Waals surface area contributed by atoms with E-state index in [1.54, 1.807) is 59.7 Å². The highest BCUT2D eigenvalue weighted by Crippen LogP contribution is 2.33. The molecule has 3 N–H and O–H groups in total. The number of nitrogens with zero attached hydrogens (tertiary/aromatic N) is 1. The number of phenolic OH excluding ortho intramolecular Hbond substituents is 1. The lowest BCUT2D eigenvalue weighted by molar-refractivity contribution is -0.144. The molecule has 2 unspecified atom stereocenters. The van der Waals surface area contributed by atoms with Crippen molar-refractivity contribution in [3.05, 3.63) is 29.3 Å². The van der Waals surface area contributed by atoms with Crippen molar-refractivity contribution >= 4 is 17.9 Å². The van der Waals surface area contributed by atoms with Crippen molar-refractivity contribution in [1.82, 2.24) is 15.5 Å². The number of carbonyl (C=O) groups is 3. The van der Waals surface area contributed by atoms with E-state index in [0.29, 0.717) is 11.1 Å². The molecule has 0 aliphatic heterocycles. The van der Waals surface area contributed by atoms with Gasteiger partial charge < -0.3 is 25.4 Å². The van der Waals surface area contributed by atoms with Crippen molar-refractivity contribution in [2.75, 3.05) is 0 Å². The van der Waals surface area contributed by atoms with Crippen LogP contribution in [0.2, 0.25) is 0 Å². The Morgan fingerprint density at radius 2 is 1.61 bits per heavy atom. The highest BCUT2D eigenvalue weighted by molar-refractivity contribution is 5.92. The Hall–Kier alpha value is -2.77. The minimum absolute atomic E-state index is 0.0439. The van der Waals surface area contributed by atoms with E-state index in [-0.39, 0.29) is 11.8 Å². The number of benzene rings is 1. The third-order valence-electron chi connectivity index (χ3n) is 4.44. The maximum Gasteiger partial charge on any atom is 0.408 e. The Bertz CT molecular complexity index is 799. The fraction of sp³-hybridized carbons (Fsp3) is 0.609. The van der Waals surface area contributed by atoms with Gasteiger partial charge in [-0.15, -0.1) is 0 Å². The van der Waals surface area contributed by atoms with Crippen LogP contribution >= 0.6 is 0 Å². The average Bonchev–Trinajstić information content (AvgIpc) is 2.59. The summed E-state index contributed by atoms with van der Waals surface area (Å²) >= 11 is 0. The predicted octanol–water partition coefficient (Wildman–Crippen LogP) is 3.42. The summed E-state index contributed by atoms with van der Waals surface area (Å²) in [6, 6.07) is 2.51. The van der Waals surface area contributed by atoms with Crippen LogP contribution in [0.3, 0.4) is 0 Å². The number of nitrogens with one attached hydrogen (secondary N) is 2. The molecule has 0 aliphatic rings. The molecule has 174 valence electrons. The van der Waals surface area contributed by atoms with Gasteiger partial charge in [0.25, 0.3) is 0 Å². The van der Waals surface area contributed by atoms with Crippen LogP contribution in [0.15, 0.2) is 18.2 Å². The molecule has 0 aliphatic carbocycles. The highest BCUT2D eigenvalue weighted by atomic mass is 16.6. The van der Waals surface area contributed by atoms with Gasteiger partial charge in [0.1, 0.15) is 23.4 Å². The molecule has 0 aromatic heterocycles. The summed E-state index contributed by atoms with van der Waals surface area (Å²) in [4.78, 5) is 40.1. The van der Waals surface area contributed by atoms with Crippen LogP contribution in [-0.4, -0.2) is 51.6 Å². The van der Waals surface area contributed by atoms with Gasteiger partial charge in [0.05, 0.1) is 0 Å². The standard InChI is InChI=1S/C23H37N3O5/c1-13(2)24-20(28)18(17-12-10-11-15(5)19(17)27)26(14(3)4)21(29)16(6)25-22(30)31-23(7,8)9/h10-14,16,18,27H,1-9H3,(H,24,28)(H,25,30). The number of aromatic hydroxyl groups is 1. The van der Waals surface area contributed by atoms with Gasteiger partial charge in [0.15, 0.2) is 0 Å². The first-order chi connectivity index (χ1) is 14.2. The predicted molar refractivity (Wildman–Crippen MR) is 120 cm³/mol. The Morgan fingerprint density at radius 1 is 1.03 bits per heavy atom. The molecule has 2 atom stereocenters. The Labute approximate surface area is 185 Å². The molecule has 0 bridgehead atoms. The largest absolute Gasteiger partial charge is 0.507 e. The van der Waals surface area contributed by atoms with Crippen LogP contribution in [0.25, 0.3) is 0 Å². The van der Waals surface area contributed by atoms with Crippen molar-refractivity contribution < 1.29 is 24.2 Å². The molecular weight excluding hydrogens is 398 g/mol. The smallest absolute Gasteiger partial charge is 0.408 e. The fourth-order valence-corrected chi connectivity index (χ4v) is 3.13. The average molecular weight is 436 g/mol. The van der Waals surface area contributed by atoms with Crippen LogP contribution in [0, 0.1) is 6.92 Å². The van der Waals surface area contributed by atoms with E-state index in [4.69, 9.17) is 4.74 Å². The number of aryl methyl sites for hydroxylation is 1. The van der Waals surface area contributed by atoms with E-state index >= 15 is 0 Å². The summed E-state index contributed by atoms with van der Waals surface area (Å²) < 4.78 is 5.24. The molecule has 0 saturated heterocycles. The number of ether oxygens (including phenoxy) is 1. The van der Waals surface area contributed by atoms with Gasteiger partial charge in [-0.05, 0) is 67.9 Å². The quantitative estimate of drug-likeness (QED) is 0.608. The topological polar surface area (TPSA) is 108 Å². The number of amides is 3. The maximum absolute atomic E-state index is 13.4. The number of alkyl carbamates (subject to hydrolysis) is 1. The molecule has 8 heteroatoms. The van der Waals surface area contributed by atoms with Gasteiger partial charge in [0, 0.05) is 17.6 Å². The maximum atomic E-state index is 13.4. The molecule has 0 spiro atoms. The molecule has 1 aromatic rings. The van der Waals surface area contributed by atoms with Gasteiger partial charge in [0.2, 0.25) is 11.8 Å². The van der Waals surface area contributed by atoms with Crippen molar-refractivity contribution in [2.45, 2.75) is 92.1 Å². The first kappa shape index (κ1) is 26.3. The van der Waals surface area contributed by atoms with E-state index in [2.05, 4.69) is 10.6 Å². The summed E-state index contributed by atoms with van der Waals surface area (Å²) in [5.41, 5.74) is 0.207. The Kier molecular flexibility index (Phi) is 8.90. The van der Waals surface area contributed by atoms with Crippen LogP contribution in [-0.2, 0) is 14.3 Å². The van der Waals surface area contributed by atoms with E-state index in [9.17, 15) is 19.5 Å². The SMILES string of the molecule is Cc1cccc(C(C(=O)NC(C)C)N(C(=O)C(C)NC(=O)OC(C)(C)C)C(C)C)c1O. The molecule has 1 rings (SSSR count). The second-order valence-electron chi connectivity index (χ2n) is 9.29. The van der Waals surface area contributed by atoms with E-state index in [0.717, 1.165) is 0 Å². The molecule has 0 heterocycles. The fourth-order valence-electron chi connectivity index (χ4n) is 3.13.